The number of thioether (sulfide) groups is 1. The van der Waals surface area contributed by atoms with Crippen LogP contribution >= 0.6 is 11.8 Å². The molecule has 1 saturated heterocycles. The Kier molecular flexibility index (Phi) is 5.72. The zero-order valence-electron chi connectivity index (χ0n) is 16.6. The van der Waals surface area contributed by atoms with Gasteiger partial charge in [-0.25, -0.2) is 8.42 Å². The molecule has 1 N–H and O–H groups in total. The number of rotatable bonds is 4. The molecule has 1 fully saturated rings. The number of carbonyl (C=O) groups excluding carboxylic acids is 1. The van der Waals surface area contributed by atoms with E-state index in [-0.39, 0.29) is 22.8 Å². The fraction of sp³-hybridized carbons (Fsp3) is 0.500. The number of hydrogen-bond donors (Lipinski definition) is 1. The Labute approximate surface area is 175 Å². The van der Waals surface area contributed by atoms with Crippen LogP contribution in [0.5, 0.6) is 0 Å². The van der Waals surface area contributed by atoms with Crippen molar-refractivity contribution in [3.63, 3.8) is 0 Å². The maximum Gasteiger partial charge on any atom is 0.248 e. The van der Waals surface area contributed by atoms with Crippen LogP contribution in [0.2, 0.25) is 0 Å². The van der Waals surface area contributed by atoms with E-state index in [1.54, 1.807) is 13.8 Å². The lowest BCUT2D eigenvalue weighted by molar-refractivity contribution is -0.126. The van der Waals surface area contributed by atoms with Crippen molar-refractivity contribution in [1.29, 1.82) is 0 Å². The minimum atomic E-state index is -3.65. The predicted octanol–water partition coefficient (Wildman–Crippen LogP) is 3.05. The van der Waals surface area contributed by atoms with Crippen molar-refractivity contribution in [1.82, 2.24) is 14.8 Å². The highest BCUT2D eigenvalue weighted by Gasteiger charge is 2.36. The summed E-state index contributed by atoms with van der Waals surface area (Å²) in [6, 6.07) is 8.22. The lowest BCUT2D eigenvalue weighted by Gasteiger charge is -2.32. The van der Waals surface area contributed by atoms with Crippen LogP contribution in [0.15, 0.2) is 38.6 Å². The summed E-state index contributed by atoms with van der Waals surface area (Å²) in [4.78, 5) is 14.2. The lowest BCUT2D eigenvalue weighted by atomic mass is 9.95. The molecule has 3 heterocycles. The van der Waals surface area contributed by atoms with Crippen molar-refractivity contribution in [2.75, 3.05) is 18.8 Å². The van der Waals surface area contributed by atoms with E-state index in [4.69, 9.17) is 4.52 Å². The number of fused-ring (bicyclic) bond motifs is 1. The SMILES string of the molecule is Cc1noc(C)c1S(=O)(=O)N1CCC(C(=O)NC2CCSc3ccccc32)CC1. The van der Waals surface area contributed by atoms with Crippen LogP contribution in [-0.4, -0.2) is 42.6 Å². The van der Waals surface area contributed by atoms with Crippen LogP contribution in [0.4, 0.5) is 0 Å². The Hall–Kier alpha value is -1.84. The Morgan fingerprint density at radius 2 is 1.93 bits per heavy atom. The van der Waals surface area contributed by atoms with Gasteiger partial charge in [-0.1, -0.05) is 23.4 Å². The summed E-state index contributed by atoms with van der Waals surface area (Å²) in [6.45, 7) is 3.88. The average Bonchev–Trinajstić information content (AvgIpc) is 3.07. The van der Waals surface area contributed by atoms with Gasteiger partial charge < -0.3 is 9.84 Å². The molecule has 0 saturated carbocycles. The second kappa shape index (κ2) is 8.12. The molecule has 156 valence electrons. The quantitative estimate of drug-likeness (QED) is 0.794. The van der Waals surface area contributed by atoms with Gasteiger partial charge in [-0.3, -0.25) is 4.79 Å². The number of piperidine rings is 1. The monoisotopic (exact) mass is 435 g/mol. The molecule has 2 aliphatic heterocycles. The molecule has 9 heteroatoms. The van der Waals surface area contributed by atoms with Gasteiger partial charge in [0.25, 0.3) is 0 Å². The molecule has 0 radical (unpaired) electrons. The van der Waals surface area contributed by atoms with Gasteiger partial charge >= 0.3 is 0 Å². The van der Waals surface area contributed by atoms with Gasteiger partial charge in [-0.15, -0.1) is 11.8 Å². The van der Waals surface area contributed by atoms with Crippen LogP contribution in [0, 0.1) is 19.8 Å². The number of hydrogen-bond acceptors (Lipinski definition) is 6. The number of aromatic nitrogens is 1. The molecule has 4 rings (SSSR count). The van der Waals surface area contributed by atoms with Crippen molar-refractivity contribution >= 4 is 27.7 Å². The van der Waals surface area contributed by atoms with Crippen LogP contribution in [0.25, 0.3) is 0 Å². The number of benzene rings is 1. The van der Waals surface area contributed by atoms with E-state index in [9.17, 15) is 13.2 Å². The largest absolute Gasteiger partial charge is 0.360 e. The third kappa shape index (κ3) is 3.95. The highest BCUT2D eigenvalue weighted by molar-refractivity contribution is 7.99. The van der Waals surface area contributed by atoms with Crippen molar-refractivity contribution in [3.8, 4) is 0 Å². The van der Waals surface area contributed by atoms with Gasteiger partial charge in [0.05, 0.1) is 6.04 Å². The molecule has 7 nitrogen and oxygen atoms in total. The summed E-state index contributed by atoms with van der Waals surface area (Å²) in [5.41, 5.74) is 1.55. The zero-order valence-corrected chi connectivity index (χ0v) is 18.2. The first-order valence-electron chi connectivity index (χ1n) is 9.83. The molecule has 0 spiro atoms. The minimum Gasteiger partial charge on any atom is -0.360 e. The Morgan fingerprint density at radius 1 is 1.21 bits per heavy atom. The Bertz CT molecular complexity index is 991. The standard InChI is InChI=1S/C20H25N3O4S2/c1-13-19(14(2)27-22-13)29(25,26)23-10-7-15(8-11-23)20(24)21-17-9-12-28-18-6-4-3-5-16(17)18/h3-6,15,17H,7-12H2,1-2H3,(H,21,24). The van der Waals surface area contributed by atoms with Gasteiger partial charge in [0.1, 0.15) is 10.6 Å². The third-order valence-corrected chi connectivity index (χ3v) is 8.93. The summed E-state index contributed by atoms with van der Waals surface area (Å²) in [7, 11) is -3.65. The van der Waals surface area contributed by atoms with Gasteiger partial charge in [-0.05, 0) is 44.7 Å². The number of nitrogens with one attached hydrogen (secondary N) is 1. The topological polar surface area (TPSA) is 92.5 Å². The van der Waals surface area contributed by atoms with Gasteiger partial charge in [0.15, 0.2) is 5.76 Å². The van der Waals surface area contributed by atoms with E-state index >= 15 is 0 Å². The molecule has 1 unspecified atom stereocenters. The van der Waals surface area contributed by atoms with Crippen molar-refractivity contribution in [3.05, 3.63) is 41.3 Å². The van der Waals surface area contributed by atoms with Crippen LogP contribution in [0.1, 0.15) is 42.3 Å². The third-order valence-electron chi connectivity index (χ3n) is 5.67. The number of sulfonamides is 1. The van der Waals surface area contributed by atoms with E-state index in [1.165, 1.54) is 14.8 Å². The maximum atomic E-state index is 12.9. The van der Waals surface area contributed by atoms with E-state index in [2.05, 4.69) is 22.6 Å². The van der Waals surface area contributed by atoms with Gasteiger partial charge in [0.2, 0.25) is 15.9 Å². The highest BCUT2D eigenvalue weighted by atomic mass is 32.2. The molecule has 1 amide bonds. The zero-order chi connectivity index (χ0) is 20.6. The molecule has 1 aromatic carbocycles. The Morgan fingerprint density at radius 3 is 2.62 bits per heavy atom. The number of nitrogens with zero attached hydrogens (tertiary/aromatic N) is 2. The summed E-state index contributed by atoms with van der Waals surface area (Å²) >= 11 is 1.82. The number of amides is 1. The van der Waals surface area contributed by atoms with E-state index in [0.29, 0.717) is 37.4 Å². The fourth-order valence-corrected chi connectivity index (χ4v) is 7.00. The summed E-state index contributed by atoms with van der Waals surface area (Å²) in [5.74, 6) is 1.13. The molecular weight excluding hydrogens is 410 g/mol. The first kappa shape index (κ1) is 20.4. The second-order valence-electron chi connectivity index (χ2n) is 7.57. The molecule has 1 atom stereocenters. The van der Waals surface area contributed by atoms with E-state index in [1.807, 2.05) is 23.9 Å². The summed E-state index contributed by atoms with van der Waals surface area (Å²) in [5, 5.41) is 6.96. The highest BCUT2D eigenvalue weighted by Crippen LogP contribution is 2.36. The van der Waals surface area contributed by atoms with Crippen molar-refractivity contribution < 1.29 is 17.7 Å². The molecule has 0 bridgehead atoms. The Balaban J connectivity index is 1.40. The molecule has 2 aromatic rings. The predicted molar refractivity (Wildman–Crippen MR) is 110 cm³/mol. The molecule has 1 aromatic heterocycles. The first-order valence-corrected chi connectivity index (χ1v) is 12.3. The van der Waals surface area contributed by atoms with Crippen LogP contribution in [0.3, 0.4) is 0 Å². The van der Waals surface area contributed by atoms with Crippen molar-refractivity contribution in [2.45, 2.75) is 48.9 Å². The normalized spacial score (nSPS) is 21.0. The van der Waals surface area contributed by atoms with Crippen LogP contribution in [-0.2, 0) is 14.8 Å². The first-order chi connectivity index (χ1) is 13.9. The summed E-state index contributed by atoms with van der Waals surface area (Å²) < 4.78 is 32.4. The molecule has 29 heavy (non-hydrogen) atoms. The smallest absolute Gasteiger partial charge is 0.248 e. The maximum absolute atomic E-state index is 12.9. The molecule has 2 aliphatic rings. The van der Waals surface area contributed by atoms with Crippen LogP contribution < -0.4 is 5.32 Å². The summed E-state index contributed by atoms with van der Waals surface area (Å²) in [6.07, 6.45) is 1.93. The fourth-order valence-electron chi connectivity index (χ4n) is 4.11. The second-order valence-corrected chi connectivity index (χ2v) is 10.6. The lowest BCUT2D eigenvalue weighted by Crippen LogP contribution is -2.44. The molecule has 0 aliphatic carbocycles. The average molecular weight is 436 g/mol. The number of carbonyl (C=O) groups is 1. The number of aryl methyl sites for hydroxylation is 2. The van der Waals surface area contributed by atoms with Gasteiger partial charge in [0, 0.05) is 29.7 Å². The molecular formula is C20H25N3O4S2. The van der Waals surface area contributed by atoms with E-state index in [0.717, 1.165) is 12.2 Å². The van der Waals surface area contributed by atoms with Crippen molar-refractivity contribution in [2.24, 2.45) is 5.92 Å². The van der Waals surface area contributed by atoms with Gasteiger partial charge in [-0.2, -0.15) is 4.31 Å². The minimum absolute atomic E-state index is 0.0195. The van der Waals surface area contributed by atoms with E-state index < -0.39 is 10.0 Å².